The van der Waals surface area contributed by atoms with Crippen LogP contribution >= 0.6 is 23.4 Å². The van der Waals surface area contributed by atoms with Gasteiger partial charge in [-0.2, -0.15) is 0 Å². The molecule has 1 aromatic heterocycles. The molecule has 140 valence electrons. The number of carbonyl (C=O) groups excluding carboxylic acids is 1. The van der Waals surface area contributed by atoms with Crippen molar-refractivity contribution >= 4 is 45.7 Å². The maximum absolute atomic E-state index is 12.2. The fourth-order valence-electron chi connectivity index (χ4n) is 2.82. The summed E-state index contributed by atoms with van der Waals surface area (Å²) in [4.78, 5) is 12.2. The molecule has 0 atom stereocenters. The number of thioether (sulfide) groups is 1. The molecular formula is C21H16ClN3O2S. The number of anilines is 1. The second-order valence-electron chi connectivity index (χ2n) is 6.22. The highest BCUT2D eigenvalue weighted by atomic mass is 35.5. The lowest BCUT2D eigenvalue weighted by Gasteiger charge is -2.06. The largest absolute Gasteiger partial charge is 0.411 e. The molecule has 0 radical (unpaired) electrons. The van der Waals surface area contributed by atoms with E-state index in [1.165, 1.54) is 11.8 Å². The molecule has 4 aromatic rings. The van der Waals surface area contributed by atoms with Gasteiger partial charge in [-0.1, -0.05) is 65.8 Å². The molecule has 5 nitrogen and oxygen atoms in total. The Hall–Kier alpha value is -2.83. The molecular weight excluding hydrogens is 394 g/mol. The predicted octanol–water partition coefficient (Wildman–Crippen LogP) is 5.58. The molecule has 0 aliphatic carbocycles. The first-order valence-electron chi connectivity index (χ1n) is 8.60. The average Bonchev–Trinajstić information content (AvgIpc) is 3.17. The zero-order valence-electron chi connectivity index (χ0n) is 15.0. The van der Waals surface area contributed by atoms with Gasteiger partial charge < -0.3 is 9.73 Å². The number of carbonyl (C=O) groups is 1. The van der Waals surface area contributed by atoms with E-state index in [9.17, 15) is 4.79 Å². The van der Waals surface area contributed by atoms with Crippen LogP contribution < -0.4 is 5.32 Å². The Balaban J connectivity index is 1.44. The van der Waals surface area contributed by atoms with Crippen LogP contribution in [0.1, 0.15) is 5.56 Å². The van der Waals surface area contributed by atoms with Gasteiger partial charge in [-0.25, -0.2) is 0 Å². The molecule has 0 saturated heterocycles. The number of fused-ring (bicyclic) bond motifs is 1. The summed E-state index contributed by atoms with van der Waals surface area (Å²) in [6.07, 6.45) is 0. The summed E-state index contributed by atoms with van der Waals surface area (Å²) in [5, 5.41) is 14.0. The topological polar surface area (TPSA) is 68.0 Å². The number of amides is 1. The maximum Gasteiger partial charge on any atom is 0.277 e. The number of nitrogens with zero attached hydrogens (tertiary/aromatic N) is 2. The van der Waals surface area contributed by atoms with Gasteiger partial charge in [0.25, 0.3) is 5.22 Å². The van der Waals surface area contributed by atoms with Crippen LogP contribution in [-0.2, 0) is 4.79 Å². The molecule has 4 rings (SSSR count). The van der Waals surface area contributed by atoms with E-state index in [0.717, 1.165) is 21.9 Å². The van der Waals surface area contributed by atoms with Crippen molar-refractivity contribution in [1.82, 2.24) is 10.2 Å². The first kappa shape index (κ1) is 18.5. The van der Waals surface area contributed by atoms with Crippen LogP contribution in [0.15, 0.2) is 70.3 Å². The molecule has 1 N–H and O–H groups in total. The van der Waals surface area contributed by atoms with E-state index in [1.54, 1.807) is 12.1 Å². The van der Waals surface area contributed by atoms with Crippen LogP contribution in [0.2, 0.25) is 5.02 Å². The number of halogens is 1. The van der Waals surface area contributed by atoms with Crippen molar-refractivity contribution in [1.29, 1.82) is 0 Å². The highest BCUT2D eigenvalue weighted by molar-refractivity contribution is 7.99. The quantitative estimate of drug-likeness (QED) is 0.435. The van der Waals surface area contributed by atoms with E-state index >= 15 is 0 Å². The zero-order chi connectivity index (χ0) is 19.5. The van der Waals surface area contributed by atoms with E-state index in [-0.39, 0.29) is 11.7 Å². The molecule has 1 heterocycles. The van der Waals surface area contributed by atoms with Crippen molar-refractivity contribution < 1.29 is 9.21 Å². The molecule has 1 amide bonds. The van der Waals surface area contributed by atoms with Crippen LogP contribution in [0.5, 0.6) is 0 Å². The highest BCUT2D eigenvalue weighted by Gasteiger charge is 2.14. The molecule has 0 saturated carbocycles. The Morgan fingerprint density at radius 1 is 1.11 bits per heavy atom. The van der Waals surface area contributed by atoms with Crippen molar-refractivity contribution in [3.63, 3.8) is 0 Å². The van der Waals surface area contributed by atoms with Crippen molar-refractivity contribution in [2.75, 3.05) is 11.1 Å². The smallest absolute Gasteiger partial charge is 0.277 e. The lowest BCUT2D eigenvalue weighted by molar-refractivity contribution is -0.113. The fourth-order valence-corrected chi connectivity index (χ4v) is 3.67. The van der Waals surface area contributed by atoms with Gasteiger partial charge in [0, 0.05) is 5.56 Å². The summed E-state index contributed by atoms with van der Waals surface area (Å²) in [5.74, 6) is 0.378. The Kier molecular flexibility index (Phi) is 5.32. The maximum atomic E-state index is 12.2. The molecule has 0 spiro atoms. The van der Waals surface area contributed by atoms with Crippen LogP contribution in [0.4, 0.5) is 5.69 Å². The van der Waals surface area contributed by atoms with Gasteiger partial charge in [0.1, 0.15) is 0 Å². The molecule has 0 fully saturated rings. The summed E-state index contributed by atoms with van der Waals surface area (Å²) in [7, 11) is 0. The van der Waals surface area contributed by atoms with Crippen molar-refractivity contribution in [3.05, 3.63) is 71.2 Å². The predicted molar refractivity (Wildman–Crippen MR) is 113 cm³/mol. The van der Waals surface area contributed by atoms with E-state index in [1.807, 2.05) is 55.5 Å². The van der Waals surface area contributed by atoms with E-state index in [0.29, 0.717) is 21.8 Å². The normalized spacial score (nSPS) is 10.9. The van der Waals surface area contributed by atoms with Gasteiger partial charge in [0.05, 0.1) is 16.5 Å². The van der Waals surface area contributed by atoms with E-state index < -0.39 is 0 Å². The Morgan fingerprint density at radius 3 is 2.79 bits per heavy atom. The Bertz CT molecular complexity index is 1150. The first-order chi connectivity index (χ1) is 13.6. The lowest BCUT2D eigenvalue weighted by Crippen LogP contribution is -2.14. The molecule has 0 unspecified atom stereocenters. The SMILES string of the molecule is Cc1ccc(NC(=O)CSc2nnc(-c3cccc4ccccc34)o2)c(Cl)c1. The van der Waals surface area contributed by atoms with E-state index in [4.69, 9.17) is 16.0 Å². The lowest BCUT2D eigenvalue weighted by atomic mass is 10.0. The number of aryl methyl sites for hydroxylation is 1. The summed E-state index contributed by atoms with van der Waals surface area (Å²) in [5.41, 5.74) is 2.48. The monoisotopic (exact) mass is 409 g/mol. The third-order valence-corrected chi connectivity index (χ3v) is 5.28. The summed E-state index contributed by atoms with van der Waals surface area (Å²) >= 11 is 7.33. The van der Waals surface area contributed by atoms with Gasteiger partial charge in [0.15, 0.2) is 0 Å². The molecule has 7 heteroatoms. The van der Waals surface area contributed by atoms with Gasteiger partial charge in [-0.05, 0) is 41.5 Å². The second-order valence-corrected chi connectivity index (χ2v) is 7.55. The number of rotatable bonds is 5. The van der Waals surface area contributed by atoms with Crippen LogP contribution in [-0.4, -0.2) is 21.9 Å². The number of aromatic nitrogens is 2. The van der Waals surface area contributed by atoms with Crippen molar-refractivity contribution in [2.45, 2.75) is 12.1 Å². The van der Waals surface area contributed by atoms with Crippen LogP contribution in [0, 0.1) is 6.92 Å². The second kappa shape index (κ2) is 8.04. The minimum Gasteiger partial charge on any atom is -0.411 e. The number of hydrogen-bond donors (Lipinski definition) is 1. The molecule has 3 aromatic carbocycles. The molecule has 0 aliphatic heterocycles. The van der Waals surface area contributed by atoms with Gasteiger partial charge in [-0.3, -0.25) is 4.79 Å². The van der Waals surface area contributed by atoms with Crippen molar-refractivity contribution in [2.24, 2.45) is 0 Å². The third kappa shape index (κ3) is 4.03. The number of nitrogens with one attached hydrogen (secondary N) is 1. The Labute approximate surface area is 171 Å². The summed E-state index contributed by atoms with van der Waals surface area (Å²) in [6, 6.07) is 19.4. The standard InChI is InChI=1S/C21H16ClN3O2S/c1-13-9-10-18(17(22)11-13)23-19(26)12-28-21-25-24-20(27-21)16-8-4-6-14-5-2-3-7-15(14)16/h2-11H,12H2,1H3,(H,23,26). The number of hydrogen-bond acceptors (Lipinski definition) is 5. The first-order valence-corrected chi connectivity index (χ1v) is 9.97. The molecule has 28 heavy (non-hydrogen) atoms. The van der Waals surface area contributed by atoms with Gasteiger partial charge in [-0.15, -0.1) is 10.2 Å². The van der Waals surface area contributed by atoms with Crippen molar-refractivity contribution in [3.8, 4) is 11.5 Å². The van der Waals surface area contributed by atoms with Crippen LogP contribution in [0.3, 0.4) is 0 Å². The average molecular weight is 410 g/mol. The molecule has 0 aliphatic rings. The van der Waals surface area contributed by atoms with E-state index in [2.05, 4.69) is 15.5 Å². The highest BCUT2D eigenvalue weighted by Crippen LogP contribution is 2.29. The van der Waals surface area contributed by atoms with Crippen LogP contribution in [0.25, 0.3) is 22.2 Å². The molecule has 0 bridgehead atoms. The summed E-state index contributed by atoms with van der Waals surface area (Å²) in [6.45, 7) is 1.94. The Morgan fingerprint density at radius 2 is 1.93 bits per heavy atom. The fraction of sp³-hybridized carbons (Fsp3) is 0.0952. The van der Waals surface area contributed by atoms with Gasteiger partial charge in [0.2, 0.25) is 11.8 Å². The minimum absolute atomic E-state index is 0.140. The minimum atomic E-state index is -0.194. The van der Waals surface area contributed by atoms with Gasteiger partial charge >= 0.3 is 0 Å². The third-order valence-electron chi connectivity index (χ3n) is 4.15. The number of benzene rings is 3. The zero-order valence-corrected chi connectivity index (χ0v) is 16.6. The summed E-state index contributed by atoms with van der Waals surface area (Å²) < 4.78 is 5.75.